The number of nitrogens with one attached hydrogen (secondary N) is 1. The Morgan fingerprint density at radius 2 is 1.92 bits per heavy atom. The summed E-state index contributed by atoms with van der Waals surface area (Å²) in [5, 5.41) is 8.58. The standard InChI is InChI=1S/C26H25F2N5O4/c1-26(4-7-37-8-5-26)25-31-30-22-23(34)29-19-11-16(15(13-36-2)10-21(19)33(22)25)24(35)32-6-3-14-9-17(27)18(28)12-20(14)32/h9-12H,3-8,13H2,1-2H3,(H,29,34). The van der Waals surface area contributed by atoms with E-state index in [0.717, 1.165) is 25.0 Å². The number of nitrogens with zero attached hydrogens (tertiary/aromatic N) is 4. The third-order valence-electron chi connectivity index (χ3n) is 7.51. The van der Waals surface area contributed by atoms with Crippen LogP contribution >= 0.6 is 0 Å². The second-order valence-electron chi connectivity index (χ2n) is 9.87. The lowest BCUT2D eigenvalue weighted by molar-refractivity contribution is 0.0533. The minimum atomic E-state index is -1.01. The number of amides is 1. The summed E-state index contributed by atoms with van der Waals surface area (Å²) in [6.07, 6.45) is 1.87. The van der Waals surface area contributed by atoms with Crippen LogP contribution in [0.15, 0.2) is 29.1 Å². The highest BCUT2D eigenvalue weighted by atomic mass is 19.2. The maximum Gasteiger partial charge on any atom is 0.294 e. The Balaban J connectivity index is 1.53. The summed E-state index contributed by atoms with van der Waals surface area (Å²) in [6.45, 7) is 3.66. The molecule has 6 rings (SSSR count). The van der Waals surface area contributed by atoms with E-state index < -0.39 is 17.2 Å². The molecule has 0 radical (unpaired) electrons. The molecule has 9 nitrogen and oxygen atoms in total. The van der Waals surface area contributed by atoms with E-state index in [0.29, 0.717) is 58.9 Å². The number of hydrogen-bond donors (Lipinski definition) is 1. The molecule has 2 aliphatic heterocycles. The number of aromatic amines is 1. The van der Waals surface area contributed by atoms with E-state index >= 15 is 0 Å². The summed E-state index contributed by atoms with van der Waals surface area (Å²) in [5.41, 5.74) is 2.26. The van der Waals surface area contributed by atoms with Gasteiger partial charge >= 0.3 is 0 Å². The van der Waals surface area contributed by atoms with Gasteiger partial charge in [-0.15, -0.1) is 10.2 Å². The molecule has 1 saturated heterocycles. The van der Waals surface area contributed by atoms with Crippen LogP contribution in [0.4, 0.5) is 14.5 Å². The first-order chi connectivity index (χ1) is 17.8. The Morgan fingerprint density at radius 3 is 2.68 bits per heavy atom. The van der Waals surface area contributed by atoms with Gasteiger partial charge < -0.3 is 19.4 Å². The van der Waals surface area contributed by atoms with E-state index in [9.17, 15) is 18.4 Å². The molecule has 11 heteroatoms. The third-order valence-corrected chi connectivity index (χ3v) is 7.51. The van der Waals surface area contributed by atoms with Crippen molar-refractivity contribution in [2.24, 2.45) is 0 Å². The van der Waals surface area contributed by atoms with Gasteiger partial charge in [0, 0.05) is 43.9 Å². The van der Waals surface area contributed by atoms with Crippen LogP contribution in [0.3, 0.4) is 0 Å². The fraction of sp³-hybridized carbons (Fsp3) is 0.385. The number of ether oxygens (including phenoxy) is 2. The maximum absolute atomic E-state index is 14.0. The predicted molar refractivity (Wildman–Crippen MR) is 131 cm³/mol. The van der Waals surface area contributed by atoms with Crippen molar-refractivity contribution in [2.75, 3.05) is 31.8 Å². The van der Waals surface area contributed by atoms with Gasteiger partial charge in [-0.1, -0.05) is 6.92 Å². The third kappa shape index (κ3) is 3.72. The van der Waals surface area contributed by atoms with Gasteiger partial charge in [0.25, 0.3) is 11.5 Å². The van der Waals surface area contributed by atoms with E-state index in [1.165, 1.54) is 12.0 Å². The Labute approximate surface area is 210 Å². The second kappa shape index (κ2) is 8.70. The first-order valence-corrected chi connectivity index (χ1v) is 12.1. The molecule has 4 aromatic rings. The second-order valence-corrected chi connectivity index (χ2v) is 9.87. The summed E-state index contributed by atoms with van der Waals surface area (Å²) in [6, 6.07) is 5.59. The molecule has 1 amide bonds. The zero-order valence-corrected chi connectivity index (χ0v) is 20.4. The zero-order valence-electron chi connectivity index (χ0n) is 20.4. The first-order valence-electron chi connectivity index (χ1n) is 12.1. The fourth-order valence-corrected chi connectivity index (χ4v) is 5.40. The molecule has 0 aliphatic carbocycles. The molecular formula is C26H25F2N5O4. The summed E-state index contributed by atoms with van der Waals surface area (Å²) < 4.78 is 40.5. The van der Waals surface area contributed by atoms with E-state index in [1.807, 2.05) is 0 Å². The molecule has 1 fully saturated rings. The van der Waals surface area contributed by atoms with Gasteiger partial charge in [0.2, 0.25) is 5.65 Å². The average molecular weight is 510 g/mol. The molecule has 0 atom stereocenters. The number of aromatic nitrogens is 4. The van der Waals surface area contributed by atoms with Gasteiger partial charge in [-0.2, -0.15) is 0 Å². The molecule has 0 spiro atoms. The number of methoxy groups -OCH3 is 1. The lowest BCUT2D eigenvalue weighted by Gasteiger charge is -2.32. The van der Waals surface area contributed by atoms with E-state index in [1.54, 1.807) is 16.5 Å². The van der Waals surface area contributed by atoms with Crippen molar-refractivity contribution in [2.45, 2.75) is 38.2 Å². The summed E-state index contributed by atoms with van der Waals surface area (Å²) >= 11 is 0. The van der Waals surface area contributed by atoms with Crippen LogP contribution in [0.25, 0.3) is 16.7 Å². The normalized spacial score (nSPS) is 17.0. The molecule has 2 aromatic carbocycles. The Bertz CT molecular complexity index is 1620. The molecule has 192 valence electrons. The number of benzene rings is 2. The predicted octanol–water partition coefficient (Wildman–Crippen LogP) is 3.27. The molecule has 1 N–H and O–H groups in total. The van der Waals surface area contributed by atoms with Crippen molar-refractivity contribution >= 4 is 28.3 Å². The number of anilines is 1. The zero-order chi connectivity index (χ0) is 25.9. The van der Waals surface area contributed by atoms with Crippen LogP contribution in [-0.2, 0) is 27.9 Å². The number of carbonyl (C=O) groups excluding carboxylic acids is 1. The molecular weight excluding hydrogens is 484 g/mol. The van der Waals surface area contributed by atoms with Crippen molar-refractivity contribution in [3.63, 3.8) is 0 Å². The van der Waals surface area contributed by atoms with Crippen molar-refractivity contribution in [1.82, 2.24) is 19.6 Å². The summed E-state index contributed by atoms with van der Waals surface area (Å²) in [7, 11) is 1.53. The van der Waals surface area contributed by atoms with Crippen molar-refractivity contribution in [3.8, 4) is 0 Å². The number of H-pyrrole nitrogens is 1. The minimum Gasteiger partial charge on any atom is -0.381 e. The van der Waals surface area contributed by atoms with E-state index in [4.69, 9.17) is 9.47 Å². The molecule has 2 aliphatic rings. The van der Waals surface area contributed by atoms with Crippen molar-refractivity contribution in [1.29, 1.82) is 0 Å². The first kappa shape index (κ1) is 23.7. The fourth-order valence-electron chi connectivity index (χ4n) is 5.40. The number of fused-ring (bicyclic) bond motifs is 4. The van der Waals surface area contributed by atoms with E-state index in [-0.39, 0.29) is 30.1 Å². The Morgan fingerprint density at radius 1 is 1.16 bits per heavy atom. The van der Waals surface area contributed by atoms with Gasteiger partial charge in [-0.05, 0) is 48.6 Å². The quantitative estimate of drug-likeness (QED) is 0.453. The van der Waals surface area contributed by atoms with Crippen molar-refractivity contribution in [3.05, 3.63) is 68.8 Å². The summed E-state index contributed by atoms with van der Waals surface area (Å²) in [4.78, 5) is 31.0. The molecule has 0 saturated carbocycles. The largest absolute Gasteiger partial charge is 0.381 e. The van der Waals surface area contributed by atoms with Gasteiger partial charge in [-0.25, -0.2) is 8.78 Å². The lowest BCUT2D eigenvalue weighted by atomic mass is 9.81. The number of carbonyl (C=O) groups is 1. The van der Waals surface area contributed by atoms with Gasteiger partial charge in [-0.3, -0.25) is 14.0 Å². The average Bonchev–Trinajstić information content (AvgIpc) is 3.50. The maximum atomic E-state index is 14.0. The van der Waals surface area contributed by atoms with Crippen LogP contribution in [-0.4, -0.2) is 52.4 Å². The number of halogens is 2. The Hall–Kier alpha value is -3.70. The van der Waals surface area contributed by atoms with Crippen LogP contribution in [0.5, 0.6) is 0 Å². The smallest absolute Gasteiger partial charge is 0.294 e. The Kier molecular flexibility index (Phi) is 5.57. The van der Waals surface area contributed by atoms with Crippen molar-refractivity contribution < 1.29 is 23.0 Å². The highest BCUT2D eigenvalue weighted by molar-refractivity contribution is 6.09. The van der Waals surface area contributed by atoms with Gasteiger partial charge in [0.15, 0.2) is 11.6 Å². The monoisotopic (exact) mass is 509 g/mol. The van der Waals surface area contributed by atoms with Crippen LogP contribution < -0.4 is 10.5 Å². The number of rotatable bonds is 4. The highest BCUT2D eigenvalue weighted by Gasteiger charge is 2.35. The molecule has 0 bridgehead atoms. The van der Waals surface area contributed by atoms with Crippen LogP contribution in [0.2, 0.25) is 0 Å². The molecule has 4 heterocycles. The topological polar surface area (TPSA) is 102 Å². The molecule has 0 unspecified atom stereocenters. The SMILES string of the molecule is COCc1cc2c(cc1C(=O)N1CCc3cc(F)c(F)cc31)[nH]c(=O)c1nnc(C3(C)CCOCC3)n12. The summed E-state index contributed by atoms with van der Waals surface area (Å²) in [5.74, 6) is -1.68. The van der Waals surface area contributed by atoms with Crippen LogP contribution in [0.1, 0.15) is 47.1 Å². The van der Waals surface area contributed by atoms with Crippen LogP contribution in [0, 0.1) is 11.6 Å². The number of hydrogen-bond acceptors (Lipinski definition) is 6. The molecule has 37 heavy (non-hydrogen) atoms. The lowest BCUT2D eigenvalue weighted by Crippen LogP contribution is -2.33. The van der Waals surface area contributed by atoms with Gasteiger partial charge in [0.05, 0.1) is 23.3 Å². The molecule has 2 aromatic heterocycles. The van der Waals surface area contributed by atoms with E-state index in [2.05, 4.69) is 22.1 Å². The highest BCUT2D eigenvalue weighted by Crippen LogP contribution is 2.35. The van der Waals surface area contributed by atoms with Gasteiger partial charge in [0.1, 0.15) is 5.82 Å². The minimum absolute atomic E-state index is 0.124.